The van der Waals surface area contributed by atoms with E-state index in [0.29, 0.717) is 25.2 Å². The van der Waals surface area contributed by atoms with Gasteiger partial charge in [0.2, 0.25) is 0 Å². The summed E-state index contributed by atoms with van der Waals surface area (Å²) in [6.45, 7) is 4.46. The molecule has 7 heteroatoms. The summed E-state index contributed by atoms with van der Waals surface area (Å²) in [7, 11) is 2.83. The highest BCUT2D eigenvalue weighted by Gasteiger charge is 2.00. The maximum absolute atomic E-state index is 10.8. The summed E-state index contributed by atoms with van der Waals surface area (Å²) in [6.07, 6.45) is 6.77. The number of aromatic hydroxyl groups is 1. The van der Waals surface area contributed by atoms with Crippen LogP contribution in [0.5, 0.6) is 11.5 Å². The van der Waals surface area contributed by atoms with E-state index in [1.165, 1.54) is 14.2 Å². The summed E-state index contributed by atoms with van der Waals surface area (Å²) in [5.41, 5.74) is 0. The Labute approximate surface area is 217 Å². The van der Waals surface area contributed by atoms with Gasteiger partial charge in [0, 0.05) is 12.8 Å². The Hall–Kier alpha value is -2.55. The number of benzene rings is 2. The van der Waals surface area contributed by atoms with E-state index in [9.17, 15) is 9.59 Å². The molecule has 2 aromatic rings. The summed E-state index contributed by atoms with van der Waals surface area (Å²) in [4.78, 5) is 21.4. The number of phenolic OH excluding ortho intramolecular Hbond substituents is 1. The Balaban J connectivity index is 0.000000522. The summed E-state index contributed by atoms with van der Waals surface area (Å²) >= 11 is 2.20. The van der Waals surface area contributed by atoms with Gasteiger partial charge >= 0.3 is 11.9 Å². The number of methoxy groups -OCH3 is 2. The molecule has 0 saturated heterocycles. The van der Waals surface area contributed by atoms with Crippen molar-refractivity contribution in [2.75, 3.05) is 20.8 Å². The van der Waals surface area contributed by atoms with E-state index in [-0.39, 0.29) is 11.9 Å². The fraction of sp³-hybridized carbons (Fsp3) is 0.407. The van der Waals surface area contributed by atoms with E-state index in [0.717, 1.165) is 47.9 Å². The minimum Gasteiger partial charge on any atom is -0.508 e. The number of carbonyl (C=O) groups is 2. The number of para-hydroxylation sites is 2. The van der Waals surface area contributed by atoms with Crippen molar-refractivity contribution in [3.8, 4) is 11.5 Å². The van der Waals surface area contributed by atoms with Crippen LogP contribution < -0.4 is 4.74 Å². The lowest BCUT2D eigenvalue weighted by atomic mass is 10.2. The molecule has 0 aliphatic carbocycles. The summed E-state index contributed by atoms with van der Waals surface area (Å²) in [5, 5.41) is 8.63. The van der Waals surface area contributed by atoms with Crippen molar-refractivity contribution >= 4 is 34.5 Å². The predicted molar refractivity (Wildman–Crippen MR) is 144 cm³/mol. The average Bonchev–Trinajstić information content (AvgIpc) is 2.85. The van der Waals surface area contributed by atoms with E-state index in [1.807, 2.05) is 36.4 Å². The average molecular weight is 584 g/mol. The first-order chi connectivity index (χ1) is 16.4. The lowest BCUT2D eigenvalue weighted by molar-refractivity contribution is -0.141. The Morgan fingerprint density at radius 2 is 1.24 bits per heavy atom. The van der Waals surface area contributed by atoms with Crippen molar-refractivity contribution in [2.45, 2.75) is 51.4 Å². The standard InChI is InChI=1S/C13H18O3.C8H13IO2.C6H6O/c1-15-13(14)10-6-3-7-11-16-12-8-4-2-5-9-12;1-7(9)5-3-4-6-8(10)11-2;7-6-4-2-1-3-5-6/h2,4-5,8-9H,3,6-7,10-11H2,1H3;1,3-6H2,2H3;1-5,7H. The van der Waals surface area contributed by atoms with Crippen LogP contribution in [-0.2, 0) is 19.1 Å². The normalized spacial score (nSPS) is 9.38. The van der Waals surface area contributed by atoms with E-state index >= 15 is 0 Å². The van der Waals surface area contributed by atoms with Crippen LogP contribution in [0.15, 0.2) is 70.8 Å². The van der Waals surface area contributed by atoms with Crippen LogP contribution in [0.1, 0.15) is 51.4 Å². The second kappa shape index (κ2) is 22.3. The molecular weight excluding hydrogens is 547 g/mol. The largest absolute Gasteiger partial charge is 0.508 e. The minimum absolute atomic E-state index is 0.121. The number of hydrogen-bond donors (Lipinski definition) is 1. The van der Waals surface area contributed by atoms with Crippen LogP contribution in [-0.4, -0.2) is 37.9 Å². The molecule has 6 nitrogen and oxygen atoms in total. The first kappa shape index (κ1) is 31.4. The van der Waals surface area contributed by atoms with Crippen molar-refractivity contribution in [1.29, 1.82) is 0 Å². The number of hydrogen-bond acceptors (Lipinski definition) is 6. The summed E-state index contributed by atoms with van der Waals surface area (Å²) in [6, 6.07) is 18.5. The highest BCUT2D eigenvalue weighted by atomic mass is 127. The SMILES string of the molecule is C=C(I)CCCCC(=O)OC.COC(=O)CCCCCOc1ccccc1.Oc1ccccc1. The molecule has 0 aliphatic heterocycles. The number of carbonyl (C=O) groups excluding carboxylic acids is 2. The van der Waals surface area contributed by atoms with E-state index in [2.05, 4.69) is 38.6 Å². The maximum Gasteiger partial charge on any atom is 0.305 e. The fourth-order valence-corrected chi connectivity index (χ4v) is 2.85. The topological polar surface area (TPSA) is 82.1 Å². The summed E-state index contributed by atoms with van der Waals surface area (Å²) < 4.78 is 15.7. The van der Waals surface area contributed by atoms with Crippen LogP contribution >= 0.6 is 22.6 Å². The molecule has 188 valence electrons. The van der Waals surface area contributed by atoms with Crippen molar-refractivity contribution in [1.82, 2.24) is 0 Å². The molecule has 0 heterocycles. The maximum atomic E-state index is 10.8. The van der Waals surface area contributed by atoms with E-state index in [4.69, 9.17) is 9.84 Å². The second-order valence-corrected chi connectivity index (χ2v) is 8.71. The Morgan fingerprint density at radius 1 is 0.765 bits per heavy atom. The number of allylic oxidation sites excluding steroid dienone is 1. The smallest absolute Gasteiger partial charge is 0.305 e. The molecule has 0 unspecified atom stereocenters. The van der Waals surface area contributed by atoms with Crippen molar-refractivity contribution in [2.24, 2.45) is 0 Å². The highest BCUT2D eigenvalue weighted by Crippen LogP contribution is 2.13. The van der Waals surface area contributed by atoms with Gasteiger partial charge in [-0.25, -0.2) is 0 Å². The highest BCUT2D eigenvalue weighted by molar-refractivity contribution is 14.1. The number of phenols is 1. The van der Waals surface area contributed by atoms with Crippen LogP contribution in [0.2, 0.25) is 0 Å². The van der Waals surface area contributed by atoms with Gasteiger partial charge < -0.3 is 19.3 Å². The van der Waals surface area contributed by atoms with Gasteiger partial charge in [0.25, 0.3) is 0 Å². The van der Waals surface area contributed by atoms with E-state index < -0.39 is 0 Å². The zero-order valence-corrected chi connectivity index (χ0v) is 22.4. The number of ether oxygens (including phenoxy) is 3. The molecule has 0 radical (unpaired) electrons. The fourth-order valence-electron chi connectivity index (χ4n) is 2.47. The molecule has 1 N–H and O–H groups in total. The quantitative estimate of drug-likeness (QED) is 0.167. The molecule has 0 amide bonds. The number of rotatable bonds is 12. The van der Waals surface area contributed by atoms with Gasteiger partial charge in [0.1, 0.15) is 11.5 Å². The van der Waals surface area contributed by atoms with Gasteiger partial charge in [0.05, 0.1) is 20.8 Å². The van der Waals surface area contributed by atoms with Gasteiger partial charge in [-0.3, -0.25) is 9.59 Å². The molecular formula is C27H37IO6. The summed E-state index contributed by atoms with van der Waals surface area (Å²) in [5.74, 6) is 0.964. The van der Waals surface area contributed by atoms with Crippen molar-refractivity contribution in [3.05, 3.63) is 70.8 Å². The number of unbranched alkanes of at least 4 members (excludes halogenated alkanes) is 3. The molecule has 0 fully saturated rings. The van der Waals surface area contributed by atoms with Crippen molar-refractivity contribution < 1.29 is 28.9 Å². The molecule has 0 atom stereocenters. The van der Waals surface area contributed by atoms with Gasteiger partial charge in [-0.05, 0) is 89.0 Å². The minimum atomic E-state index is -0.135. The molecule has 0 bridgehead atoms. The lowest BCUT2D eigenvalue weighted by Crippen LogP contribution is -2.01. The third kappa shape index (κ3) is 21.3. The van der Waals surface area contributed by atoms with Crippen LogP contribution in [0.25, 0.3) is 0 Å². The van der Waals surface area contributed by atoms with Gasteiger partial charge in [0.15, 0.2) is 0 Å². The molecule has 34 heavy (non-hydrogen) atoms. The Bertz CT molecular complexity index is 780. The predicted octanol–water partition coefficient (Wildman–Crippen LogP) is 6.86. The first-order valence-corrected chi connectivity index (χ1v) is 12.4. The molecule has 2 aromatic carbocycles. The molecule has 0 aliphatic rings. The zero-order chi connectivity index (χ0) is 25.4. The van der Waals surface area contributed by atoms with E-state index in [1.54, 1.807) is 24.3 Å². The first-order valence-electron chi connectivity index (χ1n) is 11.3. The number of halogens is 1. The monoisotopic (exact) mass is 584 g/mol. The molecule has 2 rings (SSSR count). The molecule has 0 aromatic heterocycles. The lowest BCUT2D eigenvalue weighted by Gasteiger charge is -2.05. The molecule has 0 spiro atoms. The third-order valence-corrected chi connectivity index (χ3v) is 4.87. The van der Waals surface area contributed by atoms with Crippen LogP contribution in [0.4, 0.5) is 0 Å². The number of esters is 2. The molecule has 0 saturated carbocycles. The van der Waals surface area contributed by atoms with Crippen LogP contribution in [0, 0.1) is 0 Å². The van der Waals surface area contributed by atoms with Gasteiger partial charge in [-0.1, -0.05) is 43.0 Å². The Morgan fingerprint density at radius 3 is 1.68 bits per heavy atom. The van der Waals surface area contributed by atoms with Crippen molar-refractivity contribution in [3.63, 3.8) is 0 Å². The van der Waals surface area contributed by atoms with Crippen LogP contribution in [0.3, 0.4) is 0 Å². The zero-order valence-electron chi connectivity index (χ0n) is 20.2. The second-order valence-electron chi connectivity index (χ2n) is 7.18. The van der Waals surface area contributed by atoms with Gasteiger partial charge in [-0.15, -0.1) is 0 Å². The third-order valence-electron chi connectivity index (χ3n) is 4.33. The van der Waals surface area contributed by atoms with Gasteiger partial charge in [-0.2, -0.15) is 0 Å². The Kier molecular flexibility index (Phi) is 20.6.